The van der Waals surface area contributed by atoms with Crippen molar-refractivity contribution in [2.75, 3.05) is 14.2 Å². The van der Waals surface area contributed by atoms with E-state index in [1.165, 1.54) is 25.2 Å². The molecular formula is C28H36O7. The Morgan fingerprint density at radius 3 is 2.51 bits per heavy atom. The number of ether oxygens (including phenoxy) is 5. The van der Waals surface area contributed by atoms with Gasteiger partial charge in [-0.1, -0.05) is 13.0 Å². The highest BCUT2D eigenvalue weighted by atomic mass is 16.8. The Hall–Kier alpha value is -2.12. The highest BCUT2D eigenvalue weighted by Crippen LogP contribution is 2.83. The second-order valence-electron chi connectivity index (χ2n) is 11.9. The minimum Gasteiger partial charge on any atom is -0.497 e. The lowest BCUT2D eigenvalue weighted by Gasteiger charge is -2.57. The maximum absolute atomic E-state index is 13.8. The molecule has 0 aromatic heterocycles. The van der Waals surface area contributed by atoms with E-state index in [0.29, 0.717) is 12.3 Å². The highest BCUT2D eigenvalue weighted by molar-refractivity contribution is 5.86. The van der Waals surface area contributed by atoms with Gasteiger partial charge in [0.05, 0.1) is 14.2 Å². The van der Waals surface area contributed by atoms with Crippen molar-refractivity contribution in [3.8, 4) is 5.75 Å². The fourth-order valence-electron chi connectivity index (χ4n) is 9.53. The van der Waals surface area contributed by atoms with Crippen LogP contribution in [-0.2, 0) is 35.0 Å². The Bertz CT molecular complexity index is 1110. The number of hydrogen-bond acceptors (Lipinski definition) is 7. The van der Waals surface area contributed by atoms with Crippen LogP contribution in [0.3, 0.4) is 0 Å². The van der Waals surface area contributed by atoms with Gasteiger partial charge >= 0.3 is 11.9 Å². The molecule has 1 saturated heterocycles. The number of esters is 2. The number of hydrogen-bond donors (Lipinski definition) is 0. The van der Waals surface area contributed by atoms with Crippen LogP contribution in [0.2, 0.25) is 0 Å². The summed E-state index contributed by atoms with van der Waals surface area (Å²) >= 11 is 0. The van der Waals surface area contributed by atoms with E-state index < -0.39 is 40.4 Å². The molecule has 0 N–H and O–H groups in total. The number of benzene rings is 1. The summed E-state index contributed by atoms with van der Waals surface area (Å²) in [6, 6.07) is 6.44. The van der Waals surface area contributed by atoms with Gasteiger partial charge in [-0.25, -0.2) is 4.79 Å². The van der Waals surface area contributed by atoms with Gasteiger partial charge in [0.2, 0.25) is 5.60 Å². The van der Waals surface area contributed by atoms with Crippen LogP contribution in [0.15, 0.2) is 18.2 Å². The molecule has 7 nitrogen and oxygen atoms in total. The molecule has 4 aliphatic carbocycles. The van der Waals surface area contributed by atoms with E-state index in [1.807, 2.05) is 13.8 Å². The van der Waals surface area contributed by atoms with Crippen LogP contribution >= 0.6 is 0 Å². The first-order chi connectivity index (χ1) is 16.5. The molecule has 0 unspecified atom stereocenters. The molecule has 2 bridgehead atoms. The average Bonchev–Trinajstić information content (AvgIpc) is 3.32. The predicted octanol–water partition coefficient (Wildman–Crippen LogP) is 4.30. The van der Waals surface area contributed by atoms with Crippen molar-refractivity contribution in [3.63, 3.8) is 0 Å². The first kappa shape index (κ1) is 23.3. The molecule has 190 valence electrons. The molecule has 4 fully saturated rings. The molecular weight excluding hydrogens is 448 g/mol. The highest BCUT2D eigenvalue weighted by Gasteiger charge is 2.94. The van der Waals surface area contributed by atoms with Crippen LogP contribution in [0.5, 0.6) is 5.75 Å². The van der Waals surface area contributed by atoms with Crippen LogP contribution in [0.1, 0.15) is 76.8 Å². The second kappa shape index (κ2) is 7.00. The van der Waals surface area contributed by atoms with Crippen molar-refractivity contribution in [1.29, 1.82) is 0 Å². The largest absolute Gasteiger partial charge is 0.497 e. The van der Waals surface area contributed by atoms with Crippen molar-refractivity contribution in [2.24, 2.45) is 16.7 Å². The molecule has 35 heavy (non-hydrogen) atoms. The lowest BCUT2D eigenvalue weighted by molar-refractivity contribution is -0.258. The summed E-state index contributed by atoms with van der Waals surface area (Å²) in [4.78, 5) is 26.4. The normalized spacial score (nSPS) is 44.0. The van der Waals surface area contributed by atoms with Crippen LogP contribution in [0.4, 0.5) is 0 Å². The number of carbonyl (C=O) groups excluding carboxylic acids is 2. The van der Waals surface area contributed by atoms with Gasteiger partial charge < -0.3 is 23.7 Å². The molecule has 3 saturated carbocycles. The third kappa shape index (κ3) is 2.45. The zero-order chi connectivity index (χ0) is 25.0. The second-order valence-corrected chi connectivity index (χ2v) is 11.9. The molecule has 7 atom stereocenters. The summed E-state index contributed by atoms with van der Waals surface area (Å²) in [6.07, 6.45) is 4.53. The van der Waals surface area contributed by atoms with Crippen molar-refractivity contribution in [2.45, 2.75) is 95.2 Å². The van der Waals surface area contributed by atoms with Gasteiger partial charge in [0.25, 0.3) is 0 Å². The molecule has 1 aliphatic heterocycles. The van der Waals surface area contributed by atoms with Crippen molar-refractivity contribution in [3.05, 3.63) is 29.3 Å². The van der Waals surface area contributed by atoms with Crippen LogP contribution in [0.25, 0.3) is 0 Å². The van der Waals surface area contributed by atoms with Gasteiger partial charge in [-0.15, -0.1) is 0 Å². The zero-order valence-corrected chi connectivity index (χ0v) is 21.6. The maximum Gasteiger partial charge on any atom is 0.345 e. The number of aryl methyl sites for hydroxylation is 1. The summed E-state index contributed by atoms with van der Waals surface area (Å²) in [5.74, 6) is -0.407. The van der Waals surface area contributed by atoms with Gasteiger partial charge in [-0.2, -0.15) is 0 Å². The molecule has 1 aromatic carbocycles. The number of fused-ring (bicyclic) bond motifs is 5. The smallest absolute Gasteiger partial charge is 0.345 e. The van der Waals surface area contributed by atoms with Crippen LogP contribution < -0.4 is 4.74 Å². The Kier molecular flexibility index (Phi) is 4.66. The molecule has 0 spiro atoms. The number of rotatable bonds is 3. The van der Waals surface area contributed by atoms with Gasteiger partial charge in [-0.3, -0.25) is 4.79 Å². The van der Waals surface area contributed by atoms with E-state index in [4.69, 9.17) is 23.7 Å². The average molecular weight is 485 g/mol. The van der Waals surface area contributed by atoms with Gasteiger partial charge in [0, 0.05) is 17.8 Å². The third-order valence-corrected chi connectivity index (χ3v) is 10.4. The molecule has 1 heterocycles. The Labute approximate surface area is 206 Å². The summed E-state index contributed by atoms with van der Waals surface area (Å²) in [5.41, 5.74) is -0.772. The summed E-state index contributed by atoms with van der Waals surface area (Å²) in [7, 11) is 3.09. The fourth-order valence-corrected chi connectivity index (χ4v) is 9.53. The van der Waals surface area contributed by atoms with E-state index in [0.717, 1.165) is 37.9 Å². The van der Waals surface area contributed by atoms with Gasteiger partial charge in [0.15, 0.2) is 11.4 Å². The lowest BCUT2D eigenvalue weighted by Crippen LogP contribution is -2.66. The molecule has 0 amide bonds. The maximum atomic E-state index is 13.8. The Morgan fingerprint density at radius 2 is 1.83 bits per heavy atom. The standard InChI is InChI=1S/C28H36O7/c1-16(29)33-27-14-13-26(22-28(27,23(30)32-6)35-24(2,3)34-22)21-10-7-17-15-18(31-5)8-9-19(17)20(21)11-12-25(26,27)4/h8-9,15,20-22H,7,10-14H2,1-6H3/t20-,21-,22+,25+,26-,27+,28-/m1/s1. The zero-order valence-electron chi connectivity index (χ0n) is 21.6. The van der Waals surface area contributed by atoms with E-state index in [2.05, 4.69) is 25.1 Å². The van der Waals surface area contributed by atoms with Crippen molar-refractivity contribution < 1.29 is 33.3 Å². The minimum absolute atomic E-state index is 0.272. The SMILES string of the molecule is COC(=O)[C@]12OC(C)(C)O[C@H]1[C@]13CC[C@]2(OC(C)=O)[C@@]1(C)CC[C@@H]1c2ccc(OC)cc2CC[C@H]13. The first-order valence-corrected chi connectivity index (χ1v) is 12.8. The lowest BCUT2D eigenvalue weighted by atomic mass is 9.47. The van der Waals surface area contributed by atoms with Gasteiger partial charge in [0.1, 0.15) is 11.9 Å². The molecule has 7 heteroatoms. The summed E-state index contributed by atoms with van der Waals surface area (Å²) in [5, 5.41) is 0. The first-order valence-electron chi connectivity index (χ1n) is 12.8. The van der Waals surface area contributed by atoms with E-state index in [9.17, 15) is 9.59 Å². The monoisotopic (exact) mass is 484 g/mol. The predicted molar refractivity (Wildman–Crippen MR) is 126 cm³/mol. The summed E-state index contributed by atoms with van der Waals surface area (Å²) < 4.78 is 30.5. The summed E-state index contributed by atoms with van der Waals surface area (Å²) in [6.45, 7) is 7.32. The molecule has 5 aliphatic rings. The Morgan fingerprint density at radius 1 is 1.06 bits per heavy atom. The third-order valence-electron chi connectivity index (χ3n) is 10.4. The fraction of sp³-hybridized carbons (Fsp3) is 0.714. The number of methoxy groups -OCH3 is 2. The van der Waals surface area contributed by atoms with E-state index >= 15 is 0 Å². The van der Waals surface area contributed by atoms with Crippen molar-refractivity contribution >= 4 is 11.9 Å². The van der Waals surface area contributed by atoms with Gasteiger partial charge in [-0.05, 0) is 87.5 Å². The molecule has 6 rings (SSSR count). The number of carbonyl (C=O) groups is 2. The molecule has 0 radical (unpaired) electrons. The van der Waals surface area contributed by atoms with E-state index in [-0.39, 0.29) is 11.3 Å². The van der Waals surface area contributed by atoms with Crippen molar-refractivity contribution in [1.82, 2.24) is 0 Å². The van der Waals surface area contributed by atoms with Crippen LogP contribution in [-0.4, -0.2) is 49.3 Å². The topological polar surface area (TPSA) is 80.3 Å². The Balaban J connectivity index is 1.57. The quantitative estimate of drug-likeness (QED) is 0.592. The van der Waals surface area contributed by atoms with E-state index in [1.54, 1.807) is 7.11 Å². The molecule has 1 aromatic rings. The van der Waals surface area contributed by atoms with Crippen LogP contribution in [0, 0.1) is 16.7 Å². The minimum atomic E-state index is -1.49.